The van der Waals surface area contributed by atoms with Crippen molar-refractivity contribution in [2.45, 2.75) is 24.5 Å². The maximum Gasteiger partial charge on any atom is 0.351 e. The van der Waals surface area contributed by atoms with Gasteiger partial charge in [-0.3, -0.25) is 5.73 Å². The van der Waals surface area contributed by atoms with Crippen molar-refractivity contribution >= 4 is 11.9 Å². The van der Waals surface area contributed by atoms with Crippen molar-refractivity contribution in [1.82, 2.24) is 0 Å². The molecule has 0 aliphatic rings. The maximum absolute atomic E-state index is 11.9. The van der Waals surface area contributed by atoms with E-state index >= 15 is 0 Å². The largest absolute Gasteiger partial charge is 0.504 e. The van der Waals surface area contributed by atoms with Gasteiger partial charge >= 0.3 is 11.9 Å². The molecular weight excluding hydrogens is 354 g/mol. The zero-order valence-corrected chi connectivity index (χ0v) is 14.4. The van der Waals surface area contributed by atoms with Crippen molar-refractivity contribution in [3.05, 3.63) is 59.7 Å². The second kappa shape index (κ2) is 8.52. The third kappa shape index (κ3) is 4.96. The van der Waals surface area contributed by atoms with E-state index in [4.69, 9.17) is 10.5 Å². The van der Waals surface area contributed by atoms with Crippen molar-refractivity contribution in [2.75, 3.05) is 6.61 Å². The molecule has 0 aliphatic carbocycles. The van der Waals surface area contributed by atoms with Crippen molar-refractivity contribution in [1.29, 1.82) is 0 Å². The van der Waals surface area contributed by atoms with Gasteiger partial charge in [-0.25, -0.2) is 9.59 Å². The number of carboxylic acid groups (broad SMARTS) is 1. The fourth-order valence-corrected chi connectivity index (χ4v) is 2.66. The highest BCUT2D eigenvalue weighted by molar-refractivity contribution is 5.89. The van der Waals surface area contributed by atoms with Gasteiger partial charge in [-0.15, -0.1) is 0 Å². The van der Waals surface area contributed by atoms with Gasteiger partial charge in [-0.05, 0) is 42.7 Å². The number of esters is 1. The summed E-state index contributed by atoms with van der Waals surface area (Å²) < 4.78 is 5.13. The SMILES string of the molecule is N[C@@](O)(C(=O)O)C(CCCOC(=O)c1ccccc1)c1ccc(O)c(O)c1. The fourth-order valence-electron chi connectivity index (χ4n) is 2.66. The summed E-state index contributed by atoms with van der Waals surface area (Å²) in [6.07, 6.45) is 0.281. The van der Waals surface area contributed by atoms with Crippen LogP contribution in [0.4, 0.5) is 0 Å². The van der Waals surface area contributed by atoms with Crippen molar-refractivity contribution in [3.63, 3.8) is 0 Å². The Balaban J connectivity index is 2.05. The molecule has 0 aromatic heterocycles. The Hall–Kier alpha value is -3.10. The molecule has 0 saturated heterocycles. The number of aromatic hydroxyl groups is 2. The zero-order valence-electron chi connectivity index (χ0n) is 14.4. The number of phenolic OH excluding ortho intramolecular Hbond substituents is 2. The number of hydrogen-bond donors (Lipinski definition) is 5. The quantitative estimate of drug-likeness (QED) is 0.202. The number of hydrogen-bond acceptors (Lipinski definition) is 7. The number of phenols is 2. The number of ether oxygens (including phenoxy) is 1. The molecule has 2 aromatic rings. The average molecular weight is 375 g/mol. The van der Waals surface area contributed by atoms with E-state index in [1.54, 1.807) is 30.3 Å². The highest BCUT2D eigenvalue weighted by Crippen LogP contribution is 2.35. The van der Waals surface area contributed by atoms with E-state index in [2.05, 4.69) is 0 Å². The second-order valence-electron chi connectivity index (χ2n) is 6.08. The van der Waals surface area contributed by atoms with Crippen LogP contribution >= 0.6 is 0 Å². The van der Waals surface area contributed by atoms with E-state index in [9.17, 15) is 30.0 Å². The van der Waals surface area contributed by atoms with E-state index in [-0.39, 0.29) is 30.8 Å². The van der Waals surface area contributed by atoms with E-state index in [1.807, 2.05) is 0 Å². The van der Waals surface area contributed by atoms with Crippen LogP contribution in [-0.2, 0) is 9.53 Å². The summed E-state index contributed by atoms with van der Waals surface area (Å²) >= 11 is 0. The zero-order chi connectivity index (χ0) is 20.0. The minimum absolute atomic E-state index is 0.00993. The Morgan fingerprint density at radius 3 is 2.33 bits per heavy atom. The van der Waals surface area contributed by atoms with Gasteiger partial charge in [0, 0.05) is 5.92 Å². The monoisotopic (exact) mass is 375 g/mol. The Morgan fingerprint density at radius 2 is 1.74 bits per heavy atom. The fraction of sp³-hybridized carbons (Fsp3) is 0.263. The highest BCUT2D eigenvalue weighted by atomic mass is 16.5. The molecule has 0 aliphatic heterocycles. The summed E-state index contributed by atoms with van der Waals surface area (Å²) in [6, 6.07) is 12.0. The molecule has 8 heteroatoms. The van der Waals surface area contributed by atoms with Crippen LogP contribution < -0.4 is 5.73 Å². The first-order valence-electron chi connectivity index (χ1n) is 8.22. The van der Waals surface area contributed by atoms with Gasteiger partial charge in [0.05, 0.1) is 12.2 Å². The number of rotatable bonds is 8. The molecule has 2 atom stereocenters. The molecule has 0 amide bonds. The van der Waals surface area contributed by atoms with Gasteiger partial charge in [-0.2, -0.15) is 0 Å². The summed E-state index contributed by atoms with van der Waals surface area (Å²) in [5, 5.41) is 38.4. The Kier molecular flexibility index (Phi) is 6.38. The first kappa shape index (κ1) is 20.2. The van der Waals surface area contributed by atoms with Crippen LogP contribution in [0.5, 0.6) is 11.5 Å². The van der Waals surface area contributed by atoms with Crippen molar-refractivity contribution in [2.24, 2.45) is 5.73 Å². The molecule has 27 heavy (non-hydrogen) atoms. The summed E-state index contributed by atoms with van der Waals surface area (Å²) in [4.78, 5) is 23.2. The standard InChI is InChI=1S/C19H21NO7/c20-19(26,18(24)25)14(13-8-9-15(21)16(22)11-13)7-4-10-27-17(23)12-5-2-1-3-6-12/h1-3,5-6,8-9,11,14,21-22,26H,4,7,10,20H2,(H,24,25)/t14?,19-/m0/s1. The number of aliphatic hydroxyl groups is 1. The lowest BCUT2D eigenvalue weighted by molar-refractivity contribution is -0.161. The molecule has 2 rings (SSSR count). The van der Waals surface area contributed by atoms with Gasteiger partial charge in [0.25, 0.3) is 0 Å². The van der Waals surface area contributed by atoms with Crippen LogP contribution in [0.1, 0.15) is 34.7 Å². The highest BCUT2D eigenvalue weighted by Gasteiger charge is 2.41. The summed E-state index contributed by atoms with van der Waals surface area (Å²) in [5.41, 5.74) is 3.57. The van der Waals surface area contributed by atoms with E-state index in [0.29, 0.717) is 5.56 Å². The number of nitrogens with two attached hydrogens (primary N) is 1. The molecule has 0 radical (unpaired) electrons. The second-order valence-corrected chi connectivity index (χ2v) is 6.08. The lowest BCUT2D eigenvalue weighted by Crippen LogP contribution is -2.53. The molecule has 0 heterocycles. The molecular formula is C19H21NO7. The van der Waals surface area contributed by atoms with Crippen LogP contribution in [0.3, 0.4) is 0 Å². The molecule has 144 valence electrons. The minimum Gasteiger partial charge on any atom is -0.504 e. The van der Waals surface area contributed by atoms with Crippen LogP contribution in [0.2, 0.25) is 0 Å². The lowest BCUT2D eigenvalue weighted by atomic mass is 9.85. The molecule has 6 N–H and O–H groups in total. The first-order chi connectivity index (χ1) is 12.7. The third-order valence-electron chi connectivity index (χ3n) is 4.16. The van der Waals surface area contributed by atoms with Gasteiger partial charge in [0.2, 0.25) is 5.72 Å². The van der Waals surface area contributed by atoms with E-state index in [0.717, 1.165) is 6.07 Å². The number of carbonyl (C=O) groups excluding carboxylic acids is 1. The smallest absolute Gasteiger partial charge is 0.351 e. The molecule has 0 fully saturated rings. The molecule has 0 saturated carbocycles. The average Bonchev–Trinajstić information content (AvgIpc) is 2.64. The molecule has 2 aromatic carbocycles. The summed E-state index contributed by atoms with van der Waals surface area (Å²) in [7, 11) is 0. The predicted octanol–water partition coefficient (Wildman–Crippen LogP) is 1.55. The molecule has 1 unspecified atom stereocenters. The lowest BCUT2D eigenvalue weighted by Gasteiger charge is -2.29. The summed E-state index contributed by atoms with van der Waals surface area (Å²) in [5.74, 6) is -4.10. The van der Waals surface area contributed by atoms with Crippen LogP contribution in [0.25, 0.3) is 0 Å². The molecule has 0 bridgehead atoms. The number of carbonyl (C=O) groups is 2. The number of benzene rings is 2. The molecule has 0 spiro atoms. The Labute approximate surface area is 155 Å². The summed E-state index contributed by atoms with van der Waals surface area (Å²) in [6.45, 7) is -0.00993. The number of carboxylic acids is 1. The van der Waals surface area contributed by atoms with Crippen LogP contribution in [-0.4, -0.2) is 44.7 Å². The normalized spacial score (nSPS) is 14.1. The van der Waals surface area contributed by atoms with Gasteiger partial charge in [-0.1, -0.05) is 24.3 Å². The van der Waals surface area contributed by atoms with E-state index < -0.39 is 29.3 Å². The Bertz CT molecular complexity index is 805. The van der Waals surface area contributed by atoms with E-state index in [1.165, 1.54) is 12.1 Å². The third-order valence-corrected chi connectivity index (χ3v) is 4.16. The van der Waals surface area contributed by atoms with Crippen molar-refractivity contribution in [3.8, 4) is 11.5 Å². The minimum atomic E-state index is -2.60. The van der Waals surface area contributed by atoms with Crippen molar-refractivity contribution < 1.29 is 34.8 Å². The van der Waals surface area contributed by atoms with Gasteiger partial charge in [0.15, 0.2) is 11.5 Å². The number of aliphatic carboxylic acids is 1. The predicted molar refractivity (Wildman–Crippen MR) is 95.2 cm³/mol. The first-order valence-corrected chi connectivity index (χ1v) is 8.22. The molecule has 8 nitrogen and oxygen atoms in total. The van der Waals surface area contributed by atoms with Gasteiger partial charge in [0.1, 0.15) is 0 Å². The van der Waals surface area contributed by atoms with Crippen LogP contribution in [0.15, 0.2) is 48.5 Å². The maximum atomic E-state index is 11.9. The Morgan fingerprint density at radius 1 is 1.07 bits per heavy atom. The van der Waals surface area contributed by atoms with Gasteiger partial charge < -0.3 is 25.2 Å². The van der Waals surface area contributed by atoms with Crippen LogP contribution in [0, 0.1) is 0 Å². The topological polar surface area (TPSA) is 150 Å².